The Labute approximate surface area is 122 Å². The molecular weight excluding hydrogens is 307 g/mol. The first-order valence-electron chi connectivity index (χ1n) is 6.39. The fraction of sp³-hybridized carbons (Fsp3) is 0.538. The van der Waals surface area contributed by atoms with Crippen LogP contribution in [0.1, 0.15) is 25.8 Å². The largest absolute Gasteiger partial charge is 0.417 e. The lowest BCUT2D eigenvalue weighted by molar-refractivity contribution is -0.139. The highest BCUT2D eigenvalue weighted by molar-refractivity contribution is 7.89. The van der Waals surface area contributed by atoms with Gasteiger partial charge in [0.25, 0.3) is 0 Å². The predicted molar refractivity (Wildman–Crippen MR) is 72.1 cm³/mol. The van der Waals surface area contributed by atoms with E-state index in [9.17, 15) is 26.7 Å². The van der Waals surface area contributed by atoms with Crippen LogP contribution in [-0.4, -0.2) is 26.2 Å². The fourth-order valence-corrected chi connectivity index (χ4v) is 2.96. The first-order valence-corrected chi connectivity index (χ1v) is 7.88. The van der Waals surface area contributed by atoms with Crippen LogP contribution in [-0.2, 0) is 16.2 Å². The summed E-state index contributed by atoms with van der Waals surface area (Å²) in [6, 6.07) is 3.98. The van der Waals surface area contributed by atoms with E-state index in [1.807, 2.05) is 0 Å². The van der Waals surface area contributed by atoms with Crippen LogP contribution in [0.2, 0.25) is 0 Å². The fourth-order valence-electron chi connectivity index (χ4n) is 1.69. The van der Waals surface area contributed by atoms with E-state index in [1.54, 1.807) is 13.8 Å². The van der Waals surface area contributed by atoms with Crippen molar-refractivity contribution in [2.75, 3.05) is 6.54 Å². The van der Waals surface area contributed by atoms with Gasteiger partial charge in [-0.2, -0.15) is 13.2 Å². The smallest absolute Gasteiger partial charge is 0.393 e. The summed E-state index contributed by atoms with van der Waals surface area (Å²) in [6.45, 7) is 3.39. The molecule has 0 bridgehead atoms. The molecule has 0 aliphatic rings. The zero-order valence-electron chi connectivity index (χ0n) is 11.7. The van der Waals surface area contributed by atoms with Crippen LogP contribution in [0, 0.1) is 5.92 Å². The van der Waals surface area contributed by atoms with E-state index in [4.69, 9.17) is 0 Å². The molecule has 1 unspecified atom stereocenters. The maximum Gasteiger partial charge on any atom is 0.417 e. The van der Waals surface area contributed by atoms with E-state index >= 15 is 0 Å². The first-order chi connectivity index (χ1) is 9.55. The second-order valence-corrected chi connectivity index (χ2v) is 6.73. The molecule has 4 nitrogen and oxygen atoms in total. The van der Waals surface area contributed by atoms with Crippen molar-refractivity contribution in [1.29, 1.82) is 0 Å². The van der Waals surface area contributed by atoms with Crippen molar-refractivity contribution in [3.05, 3.63) is 29.8 Å². The molecule has 0 aromatic heterocycles. The molecule has 0 spiro atoms. The highest BCUT2D eigenvalue weighted by Gasteiger charge is 2.36. The van der Waals surface area contributed by atoms with Gasteiger partial charge in [-0.05, 0) is 24.5 Å². The molecule has 0 saturated heterocycles. The number of aliphatic hydroxyl groups excluding tert-OH is 1. The number of rotatable bonds is 6. The average molecular weight is 325 g/mol. The normalized spacial score (nSPS) is 14.4. The predicted octanol–water partition coefficient (Wildman–Crippen LogP) is 2.39. The van der Waals surface area contributed by atoms with Gasteiger partial charge in [-0.15, -0.1) is 0 Å². The number of hydrogen-bond acceptors (Lipinski definition) is 3. The van der Waals surface area contributed by atoms with Gasteiger partial charge in [0.15, 0.2) is 0 Å². The summed E-state index contributed by atoms with van der Waals surface area (Å²) in [5, 5.41) is 9.56. The Morgan fingerprint density at radius 3 is 2.33 bits per heavy atom. The minimum Gasteiger partial charge on any atom is -0.393 e. The van der Waals surface area contributed by atoms with Gasteiger partial charge < -0.3 is 5.11 Å². The average Bonchev–Trinajstić information content (AvgIpc) is 2.37. The summed E-state index contributed by atoms with van der Waals surface area (Å²) in [5.74, 6) is -0.0584. The van der Waals surface area contributed by atoms with E-state index in [0.29, 0.717) is 0 Å². The molecule has 0 aliphatic heterocycles. The molecule has 0 saturated carbocycles. The van der Waals surface area contributed by atoms with Crippen LogP contribution in [0.4, 0.5) is 13.2 Å². The standard InChI is InChI=1S/C13H18F3NO3S/c1-9(2)11(18)7-8-17-21(19,20)12-6-4-3-5-10(12)13(14,15)16/h3-6,9,11,17-18H,7-8H2,1-2H3. The summed E-state index contributed by atoms with van der Waals surface area (Å²) >= 11 is 0. The Hall–Kier alpha value is -1.12. The van der Waals surface area contributed by atoms with Gasteiger partial charge in [-0.25, -0.2) is 13.1 Å². The van der Waals surface area contributed by atoms with Gasteiger partial charge >= 0.3 is 6.18 Å². The summed E-state index contributed by atoms with van der Waals surface area (Å²) in [7, 11) is -4.28. The van der Waals surface area contributed by atoms with Crippen LogP contribution in [0.3, 0.4) is 0 Å². The molecular formula is C13H18F3NO3S. The minimum atomic E-state index is -4.75. The van der Waals surface area contributed by atoms with Gasteiger partial charge in [0.2, 0.25) is 10.0 Å². The van der Waals surface area contributed by atoms with E-state index in [2.05, 4.69) is 4.72 Å². The number of aliphatic hydroxyl groups is 1. The van der Waals surface area contributed by atoms with Crippen LogP contribution in [0.25, 0.3) is 0 Å². The summed E-state index contributed by atoms with van der Waals surface area (Å²) in [5.41, 5.74) is -1.21. The Kier molecular flexibility index (Phi) is 5.77. The van der Waals surface area contributed by atoms with Crippen molar-refractivity contribution < 1.29 is 26.7 Å². The van der Waals surface area contributed by atoms with E-state index in [-0.39, 0.29) is 18.9 Å². The Morgan fingerprint density at radius 1 is 1.24 bits per heavy atom. The molecule has 8 heteroatoms. The second kappa shape index (κ2) is 6.76. The molecule has 2 N–H and O–H groups in total. The van der Waals surface area contributed by atoms with Gasteiger partial charge in [0.1, 0.15) is 0 Å². The molecule has 0 amide bonds. The van der Waals surface area contributed by atoms with Crippen LogP contribution >= 0.6 is 0 Å². The molecule has 0 radical (unpaired) electrons. The lowest BCUT2D eigenvalue weighted by atomic mass is 10.1. The first kappa shape index (κ1) is 17.9. The molecule has 1 aromatic carbocycles. The van der Waals surface area contributed by atoms with E-state index < -0.39 is 32.8 Å². The zero-order chi connectivity index (χ0) is 16.3. The van der Waals surface area contributed by atoms with Gasteiger partial charge in [0.05, 0.1) is 16.6 Å². The molecule has 1 atom stereocenters. The zero-order valence-corrected chi connectivity index (χ0v) is 12.5. The van der Waals surface area contributed by atoms with Crippen molar-refractivity contribution in [2.24, 2.45) is 5.92 Å². The molecule has 1 aromatic rings. The Bertz CT molecular complexity index is 570. The summed E-state index contributed by atoms with van der Waals surface area (Å²) in [6.07, 6.45) is -5.33. The summed E-state index contributed by atoms with van der Waals surface area (Å²) in [4.78, 5) is -0.809. The van der Waals surface area contributed by atoms with Gasteiger partial charge in [0, 0.05) is 6.54 Å². The SMILES string of the molecule is CC(C)C(O)CCNS(=O)(=O)c1ccccc1C(F)(F)F. The van der Waals surface area contributed by atoms with Crippen molar-refractivity contribution in [1.82, 2.24) is 4.72 Å². The minimum absolute atomic E-state index is 0.0584. The summed E-state index contributed by atoms with van der Waals surface area (Å²) < 4.78 is 64.4. The van der Waals surface area contributed by atoms with E-state index in [1.165, 1.54) is 6.07 Å². The molecule has 0 heterocycles. The topological polar surface area (TPSA) is 66.4 Å². The van der Waals surface area contributed by atoms with Crippen molar-refractivity contribution in [3.63, 3.8) is 0 Å². The molecule has 1 rings (SSSR count). The molecule has 21 heavy (non-hydrogen) atoms. The third-order valence-corrected chi connectivity index (χ3v) is 4.50. The van der Waals surface area contributed by atoms with Crippen LogP contribution < -0.4 is 4.72 Å². The lowest BCUT2D eigenvalue weighted by Gasteiger charge is -2.16. The second-order valence-electron chi connectivity index (χ2n) is 4.99. The molecule has 0 aliphatic carbocycles. The Balaban J connectivity index is 2.90. The van der Waals surface area contributed by atoms with E-state index in [0.717, 1.165) is 18.2 Å². The van der Waals surface area contributed by atoms with Crippen molar-refractivity contribution in [3.8, 4) is 0 Å². The highest BCUT2D eigenvalue weighted by atomic mass is 32.2. The third kappa shape index (κ3) is 4.98. The van der Waals surface area contributed by atoms with Crippen LogP contribution in [0.5, 0.6) is 0 Å². The monoisotopic (exact) mass is 325 g/mol. The maximum atomic E-state index is 12.8. The third-order valence-electron chi connectivity index (χ3n) is 2.98. The van der Waals surface area contributed by atoms with Crippen LogP contribution in [0.15, 0.2) is 29.2 Å². The number of alkyl halides is 3. The number of benzene rings is 1. The molecule has 120 valence electrons. The maximum absolute atomic E-state index is 12.8. The number of hydrogen-bond donors (Lipinski definition) is 2. The Morgan fingerprint density at radius 2 is 1.81 bits per heavy atom. The lowest BCUT2D eigenvalue weighted by Crippen LogP contribution is -2.30. The number of sulfonamides is 1. The van der Waals surface area contributed by atoms with Crippen molar-refractivity contribution in [2.45, 2.75) is 37.4 Å². The molecule has 0 fully saturated rings. The number of halogens is 3. The highest BCUT2D eigenvalue weighted by Crippen LogP contribution is 2.33. The number of nitrogens with one attached hydrogen (secondary N) is 1. The van der Waals surface area contributed by atoms with Gasteiger partial charge in [-0.3, -0.25) is 0 Å². The quantitative estimate of drug-likeness (QED) is 0.844. The van der Waals surface area contributed by atoms with Gasteiger partial charge in [-0.1, -0.05) is 26.0 Å². The van der Waals surface area contributed by atoms with Crippen molar-refractivity contribution >= 4 is 10.0 Å².